The van der Waals surface area contributed by atoms with Gasteiger partial charge in [0.1, 0.15) is 5.82 Å². The highest BCUT2D eigenvalue weighted by molar-refractivity contribution is 6.32. The van der Waals surface area contributed by atoms with Crippen LogP contribution >= 0.6 is 11.6 Å². The van der Waals surface area contributed by atoms with Crippen LogP contribution in [0, 0.1) is 0 Å². The summed E-state index contributed by atoms with van der Waals surface area (Å²) < 4.78 is 26.7. The van der Waals surface area contributed by atoms with Crippen molar-refractivity contribution in [1.82, 2.24) is 9.55 Å². The molecule has 0 saturated heterocycles. The number of hydrogen-bond acceptors (Lipinski definition) is 2. The number of carbonyl (C=O) groups is 1. The van der Waals surface area contributed by atoms with Crippen LogP contribution in [-0.4, -0.2) is 20.7 Å². The summed E-state index contributed by atoms with van der Waals surface area (Å²) in [4.78, 5) is 15.2. The Balaban J connectivity index is 2.37. The fourth-order valence-electron chi connectivity index (χ4n) is 1.60. The predicted molar refractivity (Wildman–Crippen MR) is 60.2 cm³/mol. The summed E-state index contributed by atoms with van der Waals surface area (Å²) >= 11 is 4.66. The Bertz CT molecular complexity index is 574. The highest BCUT2D eigenvalue weighted by Crippen LogP contribution is 2.23. The Morgan fingerprint density at radius 3 is 2.71 bits per heavy atom. The van der Waals surface area contributed by atoms with E-state index in [0.29, 0.717) is 5.52 Å². The van der Waals surface area contributed by atoms with Crippen molar-refractivity contribution in [3.63, 3.8) is 0 Å². The molecule has 0 unspecified atom stereocenters. The second-order valence-corrected chi connectivity index (χ2v) is 4.15. The van der Waals surface area contributed by atoms with E-state index in [1.807, 2.05) is 6.07 Å². The number of para-hydroxylation sites is 2. The molecule has 0 N–H and O–H groups in total. The minimum absolute atomic E-state index is 0.275. The third-order valence-electron chi connectivity index (χ3n) is 2.51. The van der Waals surface area contributed by atoms with Crippen LogP contribution < -0.4 is 0 Å². The van der Waals surface area contributed by atoms with E-state index in [1.54, 1.807) is 29.8 Å². The minimum atomic E-state index is -3.84. The lowest BCUT2D eigenvalue weighted by Crippen LogP contribution is -2.24. The van der Waals surface area contributed by atoms with Crippen LogP contribution in [0.15, 0.2) is 24.3 Å². The first-order valence-electron chi connectivity index (χ1n) is 4.90. The standard InChI is InChI=1S/C11H9ClF2N2O/c1-16-8-5-3-2-4-7(8)15-10(16)6-9(17)11(12,13)14/h2-5H,6H2,1H3. The summed E-state index contributed by atoms with van der Waals surface area (Å²) in [7, 11) is 1.67. The molecule has 0 spiro atoms. The number of aryl methyl sites for hydroxylation is 1. The van der Waals surface area contributed by atoms with Gasteiger partial charge in [-0.2, -0.15) is 8.78 Å². The fraction of sp³-hybridized carbons (Fsp3) is 0.273. The maximum Gasteiger partial charge on any atom is 0.380 e. The molecule has 1 aromatic carbocycles. The van der Waals surface area contributed by atoms with Crippen LogP contribution in [0.1, 0.15) is 5.82 Å². The number of aromatic nitrogens is 2. The van der Waals surface area contributed by atoms with Crippen molar-refractivity contribution in [3.8, 4) is 0 Å². The van der Waals surface area contributed by atoms with Crippen LogP contribution in [0.25, 0.3) is 11.0 Å². The summed E-state index contributed by atoms with van der Waals surface area (Å²) in [6, 6.07) is 7.15. The average molecular weight is 259 g/mol. The monoisotopic (exact) mass is 258 g/mol. The molecular weight excluding hydrogens is 250 g/mol. The Kier molecular flexibility index (Phi) is 2.87. The molecule has 90 valence electrons. The zero-order valence-electron chi connectivity index (χ0n) is 8.95. The first-order chi connectivity index (χ1) is 7.89. The second kappa shape index (κ2) is 4.07. The maximum atomic E-state index is 12.6. The van der Waals surface area contributed by atoms with E-state index in [1.165, 1.54) is 0 Å². The smallest absolute Gasteiger partial charge is 0.331 e. The van der Waals surface area contributed by atoms with Crippen LogP contribution in [0.5, 0.6) is 0 Å². The van der Waals surface area contributed by atoms with Crippen molar-refractivity contribution in [1.29, 1.82) is 0 Å². The van der Waals surface area contributed by atoms with Gasteiger partial charge in [0.05, 0.1) is 17.5 Å². The van der Waals surface area contributed by atoms with Crippen molar-refractivity contribution in [3.05, 3.63) is 30.1 Å². The highest BCUT2D eigenvalue weighted by Gasteiger charge is 2.36. The van der Waals surface area contributed by atoms with Gasteiger partial charge in [-0.3, -0.25) is 4.79 Å². The molecule has 0 atom stereocenters. The average Bonchev–Trinajstić information content (AvgIpc) is 2.55. The normalized spacial score (nSPS) is 12.0. The lowest BCUT2D eigenvalue weighted by molar-refractivity contribution is -0.132. The van der Waals surface area contributed by atoms with Crippen molar-refractivity contribution < 1.29 is 13.6 Å². The summed E-state index contributed by atoms with van der Waals surface area (Å²) in [6.07, 6.45) is -0.484. The third-order valence-corrected chi connectivity index (χ3v) is 2.73. The molecule has 1 aromatic heterocycles. The van der Waals surface area contributed by atoms with E-state index in [2.05, 4.69) is 16.6 Å². The molecule has 0 aliphatic rings. The summed E-state index contributed by atoms with van der Waals surface area (Å²) in [5.74, 6) is -1.07. The SMILES string of the molecule is Cn1c(CC(=O)C(F)(F)Cl)nc2ccccc21. The van der Waals surface area contributed by atoms with Gasteiger partial charge < -0.3 is 4.57 Å². The predicted octanol–water partition coefficient (Wildman–Crippen LogP) is 2.52. The van der Waals surface area contributed by atoms with Crippen molar-refractivity contribution >= 4 is 28.4 Å². The van der Waals surface area contributed by atoms with Gasteiger partial charge in [0.2, 0.25) is 5.78 Å². The molecule has 17 heavy (non-hydrogen) atoms. The van der Waals surface area contributed by atoms with E-state index in [4.69, 9.17) is 0 Å². The van der Waals surface area contributed by atoms with Gasteiger partial charge in [-0.1, -0.05) is 12.1 Å². The number of hydrogen-bond donors (Lipinski definition) is 0. The molecule has 0 saturated carbocycles. The lowest BCUT2D eigenvalue weighted by atomic mass is 10.3. The van der Waals surface area contributed by atoms with Crippen LogP contribution in [0.2, 0.25) is 0 Å². The first kappa shape index (κ1) is 12.0. The third kappa shape index (κ3) is 2.29. The van der Waals surface area contributed by atoms with Crippen LogP contribution in [0.4, 0.5) is 8.78 Å². The fourth-order valence-corrected chi connectivity index (χ4v) is 1.66. The van der Waals surface area contributed by atoms with Crippen molar-refractivity contribution in [2.75, 3.05) is 0 Å². The van der Waals surface area contributed by atoms with E-state index in [9.17, 15) is 13.6 Å². The van der Waals surface area contributed by atoms with Crippen LogP contribution in [-0.2, 0) is 18.3 Å². The number of alkyl halides is 3. The molecule has 3 nitrogen and oxygen atoms in total. The highest BCUT2D eigenvalue weighted by atomic mass is 35.5. The molecule has 0 aliphatic carbocycles. The van der Waals surface area contributed by atoms with E-state index >= 15 is 0 Å². The number of halogens is 3. The molecule has 0 amide bonds. The Morgan fingerprint density at radius 1 is 1.47 bits per heavy atom. The van der Waals surface area contributed by atoms with Gasteiger partial charge in [0.25, 0.3) is 0 Å². The molecule has 0 aliphatic heterocycles. The van der Waals surface area contributed by atoms with Gasteiger partial charge in [-0.25, -0.2) is 4.98 Å². The zero-order chi connectivity index (χ0) is 12.6. The molecule has 0 radical (unpaired) electrons. The van der Waals surface area contributed by atoms with Crippen molar-refractivity contribution in [2.24, 2.45) is 7.05 Å². The van der Waals surface area contributed by atoms with Gasteiger partial charge in [0, 0.05) is 7.05 Å². The number of rotatable bonds is 3. The summed E-state index contributed by atoms with van der Waals surface area (Å²) in [6.45, 7) is 0. The van der Waals surface area contributed by atoms with Gasteiger partial charge in [0.15, 0.2) is 0 Å². The molecular formula is C11H9ClF2N2O. The topological polar surface area (TPSA) is 34.9 Å². The zero-order valence-corrected chi connectivity index (χ0v) is 9.71. The number of nitrogens with zero attached hydrogens (tertiary/aromatic N) is 2. The molecule has 1 heterocycles. The van der Waals surface area contributed by atoms with Crippen LogP contribution in [0.3, 0.4) is 0 Å². The van der Waals surface area contributed by atoms with Gasteiger partial charge >= 0.3 is 5.38 Å². The molecule has 2 aromatic rings. The quantitative estimate of drug-likeness (QED) is 0.793. The first-order valence-corrected chi connectivity index (χ1v) is 5.28. The maximum absolute atomic E-state index is 12.6. The van der Waals surface area contributed by atoms with E-state index in [0.717, 1.165) is 5.52 Å². The van der Waals surface area contributed by atoms with Gasteiger partial charge in [-0.05, 0) is 23.7 Å². The van der Waals surface area contributed by atoms with E-state index < -0.39 is 17.6 Å². The molecule has 2 rings (SSSR count). The lowest BCUT2D eigenvalue weighted by Gasteiger charge is -2.06. The summed E-state index contributed by atoms with van der Waals surface area (Å²) in [5.41, 5.74) is 1.45. The molecule has 0 bridgehead atoms. The number of ketones is 1. The Hall–Kier alpha value is -1.49. The number of imidazole rings is 1. The number of benzene rings is 1. The molecule has 6 heteroatoms. The summed E-state index contributed by atoms with van der Waals surface area (Å²) in [5, 5.41) is -3.84. The number of carbonyl (C=O) groups excluding carboxylic acids is 1. The van der Waals surface area contributed by atoms with Gasteiger partial charge in [-0.15, -0.1) is 0 Å². The Morgan fingerprint density at radius 2 is 2.12 bits per heavy atom. The van der Waals surface area contributed by atoms with E-state index in [-0.39, 0.29) is 5.82 Å². The number of fused-ring (bicyclic) bond motifs is 1. The van der Waals surface area contributed by atoms with Crippen molar-refractivity contribution in [2.45, 2.75) is 11.8 Å². The minimum Gasteiger partial charge on any atom is -0.331 e. The largest absolute Gasteiger partial charge is 0.380 e. The second-order valence-electron chi connectivity index (χ2n) is 3.67. The Labute approximate surface area is 101 Å². The molecule has 0 fully saturated rings. The number of Topliss-reactive ketones (excluding diaryl/α,β-unsaturated/α-hetero) is 1.